The molecule has 7 heteroatoms. The van der Waals surface area contributed by atoms with Gasteiger partial charge in [0.05, 0.1) is 0 Å². The van der Waals surface area contributed by atoms with Gasteiger partial charge >= 0.3 is 0 Å². The van der Waals surface area contributed by atoms with Crippen molar-refractivity contribution >= 4 is 0 Å². The fourth-order valence-electron chi connectivity index (χ4n) is 2.71. The van der Waals surface area contributed by atoms with Crippen molar-refractivity contribution < 1.29 is 4.52 Å². The summed E-state index contributed by atoms with van der Waals surface area (Å²) >= 11 is 0. The molecule has 4 rings (SSSR count). The summed E-state index contributed by atoms with van der Waals surface area (Å²) in [5.41, 5.74) is 2.31. The highest BCUT2D eigenvalue weighted by Crippen LogP contribution is 2.37. The van der Waals surface area contributed by atoms with E-state index < -0.39 is 0 Å². The third kappa shape index (κ3) is 3.51. The highest BCUT2D eigenvalue weighted by atomic mass is 16.5. The highest BCUT2D eigenvalue weighted by molar-refractivity contribution is 5.58. The van der Waals surface area contributed by atoms with E-state index in [0.717, 1.165) is 24.9 Å². The minimum absolute atomic E-state index is 0.195. The standard InChI is InChI=1S/C18H19N5O2/c1-23(2)10-11-3-5-13(6-4-11)17-21-18(25-22-17)14-9-15(24)20-16(19-14)12-7-8-12/h3-6,9,12H,7-8,10H2,1-2H3,(H,19,20,24). The van der Waals surface area contributed by atoms with Crippen LogP contribution in [0.15, 0.2) is 39.6 Å². The summed E-state index contributed by atoms with van der Waals surface area (Å²) in [6, 6.07) is 9.41. The Balaban J connectivity index is 1.61. The molecule has 1 aliphatic rings. The number of nitrogens with zero attached hydrogens (tertiary/aromatic N) is 4. The molecular formula is C18H19N5O2. The highest BCUT2D eigenvalue weighted by Gasteiger charge is 2.27. The Morgan fingerprint density at radius 3 is 2.64 bits per heavy atom. The molecule has 0 bridgehead atoms. The van der Waals surface area contributed by atoms with Crippen molar-refractivity contribution in [3.8, 4) is 23.0 Å². The van der Waals surface area contributed by atoms with E-state index in [1.807, 2.05) is 38.4 Å². The van der Waals surface area contributed by atoms with Gasteiger partial charge in [-0.3, -0.25) is 4.79 Å². The molecule has 1 aromatic carbocycles. The van der Waals surface area contributed by atoms with E-state index in [9.17, 15) is 4.79 Å². The molecule has 7 nitrogen and oxygen atoms in total. The fourth-order valence-corrected chi connectivity index (χ4v) is 2.71. The Kier molecular flexibility index (Phi) is 3.93. The van der Waals surface area contributed by atoms with Gasteiger partial charge in [-0.1, -0.05) is 29.4 Å². The van der Waals surface area contributed by atoms with Gasteiger partial charge in [0.15, 0.2) is 0 Å². The number of hydrogen-bond acceptors (Lipinski definition) is 6. The Hall–Kier alpha value is -2.80. The first-order valence-electron chi connectivity index (χ1n) is 8.28. The number of aromatic amines is 1. The molecule has 0 amide bonds. The first kappa shape index (κ1) is 15.7. The van der Waals surface area contributed by atoms with Crippen LogP contribution in [0.25, 0.3) is 23.0 Å². The number of benzene rings is 1. The lowest BCUT2D eigenvalue weighted by Gasteiger charge is -2.09. The zero-order chi connectivity index (χ0) is 17.4. The van der Waals surface area contributed by atoms with Gasteiger partial charge in [0.25, 0.3) is 11.4 Å². The molecule has 2 aromatic heterocycles. The summed E-state index contributed by atoms with van der Waals surface area (Å²) in [4.78, 5) is 25.6. The number of aromatic nitrogens is 4. The van der Waals surface area contributed by atoms with E-state index in [1.54, 1.807) is 0 Å². The van der Waals surface area contributed by atoms with Crippen LogP contribution >= 0.6 is 0 Å². The molecule has 0 radical (unpaired) electrons. The zero-order valence-corrected chi connectivity index (χ0v) is 14.2. The molecule has 25 heavy (non-hydrogen) atoms. The Bertz CT molecular complexity index is 939. The van der Waals surface area contributed by atoms with E-state index >= 15 is 0 Å². The minimum Gasteiger partial charge on any atom is -0.332 e. The van der Waals surface area contributed by atoms with Gasteiger partial charge in [0.2, 0.25) is 5.82 Å². The number of H-pyrrole nitrogens is 1. The summed E-state index contributed by atoms with van der Waals surface area (Å²) < 4.78 is 5.33. The quantitative estimate of drug-likeness (QED) is 0.769. The molecule has 1 aliphatic carbocycles. The predicted molar refractivity (Wildman–Crippen MR) is 93.0 cm³/mol. The van der Waals surface area contributed by atoms with E-state index in [2.05, 4.69) is 25.0 Å². The second-order valence-electron chi connectivity index (χ2n) is 6.65. The van der Waals surface area contributed by atoms with E-state index in [0.29, 0.717) is 23.3 Å². The fraction of sp³-hybridized carbons (Fsp3) is 0.333. The van der Waals surface area contributed by atoms with E-state index in [-0.39, 0.29) is 11.4 Å². The zero-order valence-electron chi connectivity index (χ0n) is 14.2. The largest absolute Gasteiger partial charge is 0.332 e. The smallest absolute Gasteiger partial charge is 0.277 e. The average Bonchev–Trinajstić information content (AvgIpc) is 3.32. The van der Waals surface area contributed by atoms with Crippen LogP contribution in [0.3, 0.4) is 0 Å². The molecular weight excluding hydrogens is 318 g/mol. The van der Waals surface area contributed by atoms with Crippen LogP contribution in [0.5, 0.6) is 0 Å². The molecule has 2 heterocycles. The average molecular weight is 337 g/mol. The molecule has 0 atom stereocenters. The molecule has 1 saturated carbocycles. The number of hydrogen-bond donors (Lipinski definition) is 1. The van der Waals surface area contributed by atoms with Gasteiger partial charge in [-0.25, -0.2) is 4.98 Å². The summed E-state index contributed by atoms with van der Waals surface area (Å²) in [6.45, 7) is 0.873. The van der Waals surface area contributed by atoms with Crippen LogP contribution in [0.2, 0.25) is 0 Å². The maximum absolute atomic E-state index is 11.8. The predicted octanol–water partition coefficient (Wildman–Crippen LogP) is 2.43. The van der Waals surface area contributed by atoms with Crippen LogP contribution in [0.1, 0.15) is 30.1 Å². The lowest BCUT2D eigenvalue weighted by Crippen LogP contribution is -2.10. The van der Waals surface area contributed by atoms with Crippen molar-refractivity contribution in [1.82, 2.24) is 25.0 Å². The monoisotopic (exact) mass is 337 g/mol. The van der Waals surface area contributed by atoms with E-state index in [1.165, 1.54) is 11.6 Å². The van der Waals surface area contributed by atoms with Crippen LogP contribution in [0.4, 0.5) is 0 Å². The van der Waals surface area contributed by atoms with E-state index in [4.69, 9.17) is 4.52 Å². The van der Waals surface area contributed by atoms with Crippen LogP contribution in [-0.2, 0) is 6.54 Å². The van der Waals surface area contributed by atoms with Crippen LogP contribution in [-0.4, -0.2) is 39.1 Å². The van der Waals surface area contributed by atoms with Crippen LogP contribution in [0, 0.1) is 0 Å². The van der Waals surface area contributed by atoms with Gasteiger partial charge in [-0.2, -0.15) is 4.98 Å². The maximum atomic E-state index is 11.8. The summed E-state index contributed by atoms with van der Waals surface area (Å²) in [5, 5.41) is 4.02. The minimum atomic E-state index is -0.195. The molecule has 1 fully saturated rings. The Morgan fingerprint density at radius 1 is 1.20 bits per heavy atom. The molecule has 128 valence electrons. The van der Waals surface area contributed by atoms with Crippen molar-refractivity contribution in [1.29, 1.82) is 0 Å². The normalized spacial score (nSPS) is 14.2. The summed E-state index contributed by atoms with van der Waals surface area (Å²) in [7, 11) is 4.06. The molecule has 3 aromatic rings. The first-order valence-corrected chi connectivity index (χ1v) is 8.28. The Labute approximate surface area is 144 Å². The van der Waals surface area contributed by atoms with Crippen molar-refractivity contribution in [3.63, 3.8) is 0 Å². The molecule has 0 spiro atoms. The molecule has 0 saturated heterocycles. The summed E-state index contributed by atoms with van der Waals surface area (Å²) in [6.07, 6.45) is 2.11. The van der Waals surface area contributed by atoms with Gasteiger partial charge in [0.1, 0.15) is 11.5 Å². The SMILES string of the molecule is CN(C)Cc1ccc(-c2noc(-c3cc(=O)[nH]c(C4CC4)n3)n2)cc1. The van der Waals surface area contributed by atoms with Crippen molar-refractivity contribution in [2.45, 2.75) is 25.3 Å². The molecule has 1 N–H and O–H groups in total. The third-order valence-electron chi connectivity index (χ3n) is 4.08. The number of nitrogens with one attached hydrogen (secondary N) is 1. The van der Waals surface area contributed by atoms with Crippen molar-refractivity contribution in [2.75, 3.05) is 14.1 Å². The molecule has 0 aliphatic heterocycles. The topological polar surface area (TPSA) is 87.9 Å². The van der Waals surface area contributed by atoms with Gasteiger partial charge < -0.3 is 14.4 Å². The number of rotatable bonds is 5. The van der Waals surface area contributed by atoms with Gasteiger partial charge in [-0.15, -0.1) is 0 Å². The third-order valence-corrected chi connectivity index (χ3v) is 4.08. The second kappa shape index (κ2) is 6.25. The van der Waals surface area contributed by atoms with Crippen molar-refractivity contribution in [2.24, 2.45) is 0 Å². The lowest BCUT2D eigenvalue weighted by molar-refractivity contribution is 0.402. The lowest BCUT2D eigenvalue weighted by atomic mass is 10.1. The Morgan fingerprint density at radius 2 is 1.96 bits per heavy atom. The first-order chi connectivity index (χ1) is 12.1. The van der Waals surface area contributed by atoms with Crippen molar-refractivity contribution in [3.05, 3.63) is 52.1 Å². The van der Waals surface area contributed by atoms with Gasteiger partial charge in [0, 0.05) is 24.1 Å². The maximum Gasteiger partial charge on any atom is 0.277 e. The molecule has 0 unspecified atom stereocenters. The summed E-state index contributed by atoms with van der Waals surface area (Å²) in [5.74, 6) is 1.80. The van der Waals surface area contributed by atoms with Crippen LogP contribution < -0.4 is 5.56 Å². The van der Waals surface area contributed by atoms with Gasteiger partial charge in [-0.05, 0) is 32.5 Å². The second-order valence-corrected chi connectivity index (χ2v) is 6.65.